The molecule has 1 aromatic heterocycles. The van der Waals surface area contributed by atoms with Crippen LogP contribution in [0.4, 0.5) is 33.2 Å². The van der Waals surface area contributed by atoms with Gasteiger partial charge >= 0.3 is 5.69 Å². The molecular formula is C18H16ClFN5O2P. The van der Waals surface area contributed by atoms with E-state index in [-0.39, 0.29) is 19.6 Å². The molecule has 0 aliphatic rings. The molecule has 10 heteroatoms. The molecule has 0 unspecified atom stereocenters. The molecule has 0 aliphatic carbocycles. The molecule has 0 aliphatic heterocycles. The van der Waals surface area contributed by atoms with Crippen molar-refractivity contribution in [1.82, 2.24) is 9.97 Å². The van der Waals surface area contributed by atoms with Gasteiger partial charge < -0.3 is 10.6 Å². The maximum atomic E-state index is 13.5. The number of rotatable bonds is 6. The molecule has 0 saturated heterocycles. The topological polar surface area (TPSA) is 93.0 Å². The van der Waals surface area contributed by atoms with Gasteiger partial charge in [0.1, 0.15) is 5.02 Å². The second kappa shape index (κ2) is 8.46. The van der Waals surface area contributed by atoms with E-state index in [0.717, 1.165) is 23.1 Å². The number of nitrogens with zero attached hydrogens (tertiary/aromatic N) is 3. The van der Waals surface area contributed by atoms with Crippen LogP contribution >= 0.6 is 19.5 Å². The molecule has 3 rings (SSSR count). The maximum absolute atomic E-state index is 13.5. The van der Waals surface area contributed by atoms with E-state index < -0.39 is 16.4 Å². The Hall–Kier alpha value is -2.83. The first-order chi connectivity index (χ1) is 13.3. The maximum Gasteiger partial charge on any atom is 0.306 e. The van der Waals surface area contributed by atoms with Gasteiger partial charge in [-0.1, -0.05) is 37.7 Å². The molecule has 0 amide bonds. The molecule has 0 spiro atoms. The predicted molar refractivity (Wildman–Crippen MR) is 112 cm³/mol. The summed E-state index contributed by atoms with van der Waals surface area (Å²) in [7, 11) is -0.347. The Morgan fingerprint density at radius 3 is 2.64 bits per heavy atom. The van der Waals surface area contributed by atoms with Crippen LogP contribution in [0.2, 0.25) is 5.02 Å². The van der Waals surface area contributed by atoms with Gasteiger partial charge in [-0.25, -0.2) is 4.98 Å². The number of aromatic nitrogens is 2. The van der Waals surface area contributed by atoms with Crippen molar-refractivity contribution in [2.75, 3.05) is 24.0 Å². The minimum Gasteiger partial charge on any atom is -0.338 e. The zero-order chi connectivity index (χ0) is 20.3. The van der Waals surface area contributed by atoms with Gasteiger partial charge in [-0.05, 0) is 36.8 Å². The number of anilines is 4. The minimum atomic E-state index is -0.915. The van der Waals surface area contributed by atoms with E-state index in [1.807, 2.05) is 24.3 Å². The number of nitro groups is 1. The van der Waals surface area contributed by atoms with Gasteiger partial charge in [0.25, 0.3) is 0 Å². The van der Waals surface area contributed by atoms with Gasteiger partial charge in [0, 0.05) is 17.4 Å². The summed E-state index contributed by atoms with van der Waals surface area (Å²) in [5, 5.41) is 18.4. The lowest BCUT2D eigenvalue weighted by Crippen LogP contribution is -2.09. The quantitative estimate of drug-likeness (QED) is 0.330. The highest BCUT2D eigenvalue weighted by molar-refractivity contribution is 7.64. The Morgan fingerprint density at radius 2 is 1.93 bits per heavy atom. The lowest BCUT2D eigenvalue weighted by molar-refractivity contribution is -0.387. The molecule has 28 heavy (non-hydrogen) atoms. The van der Waals surface area contributed by atoms with Crippen molar-refractivity contribution >= 4 is 53.7 Å². The molecule has 0 fully saturated rings. The highest BCUT2D eigenvalue weighted by Gasteiger charge is 2.15. The SMILES string of the molecule is CP(C)c1ccccc1Nc1nc(Nc2ccc(F)c([N+](=O)[O-])c2)ncc1Cl. The van der Waals surface area contributed by atoms with Crippen LogP contribution in [0.1, 0.15) is 0 Å². The summed E-state index contributed by atoms with van der Waals surface area (Å²) in [6, 6.07) is 11.3. The van der Waals surface area contributed by atoms with Crippen molar-refractivity contribution in [3.8, 4) is 0 Å². The first-order valence-corrected chi connectivity index (χ1v) is 10.7. The first-order valence-electron chi connectivity index (χ1n) is 8.12. The fourth-order valence-corrected chi connectivity index (χ4v) is 3.61. The average Bonchev–Trinajstić information content (AvgIpc) is 2.66. The van der Waals surface area contributed by atoms with Crippen LogP contribution in [0.25, 0.3) is 0 Å². The Labute approximate surface area is 166 Å². The molecule has 0 saturated carbocycles. The van der Waals surface area contributed by atoms with Gasteiger partial charge in [0.2, 0.25) is 11.8 Å². The number of nitro benzene ring substituents is 1. The summed E-state index contributed by atoms with van der Waals surface area (Å²) >= 11 is 6.22. The summed E-state index contributed by atoms with van der Waals surface area (Å²) in [6.45, 7) is 4.29. The van der Waals surface area contributed by atoms with Crippen molar-refractivity contribution in [1.29, 1.82) is 0 Å². The molecular weight excluding hydrogens is 404 g/mol. The van der Waals surface area contributed by atoms with Crippen molar-refractivity contribution in [2.24, 2.45) is 0 Å². The first kappa shape index (κ1) is 19.9. The molecule has 0 radical (unpaired) electrons. The lowest BCUT2D eigenvalue weighted by Gasteiger charge is -2.15. The largest absolute Gasteiger partial charge is 0.338 e. The van der Waals surface area contributed by atoms with Crippen molar-refractivity contribution in [2.45, 2.75) is 0 Å². The molecule has 7 nitrogen and oxygen atoms in total. The summed E-state index contributed by atoms with van der Waals surface area (Å²) < 4.78 is 13.5. The predicted octanol–water partition coefficient (Wildman–Crippen LogP) is 5.03. The van der Waals surface area contributed by atoms with Crippen LogP contribution < -0.4 is 15.9 Å². The van der Waals surface area contributed by atoms with Gasteiger partial charge in [0.15, 0.2) is 5.82 Å². The van der Waals surface area contributed by atoms with E-state index in [1.54, 1.807) is 0 Å². The van der Waals surface area contributed by atoms with Crippen LogP contribution in [0.5, 0.6) is 0 Å². The fraction of sp³-hybridized carbons (Fsp3) is 0.111. The normalized spacial score (nSPS) is 10.8. The summed E-state index contributed by atoms with van der Waals surface area (Å²) in [5.74, 6) is -0.359. The van der Waals surface area contributed by atoms with Crippen LogP contribution in [-0.4, -0.2) is 28.2 Å². The van der Waals surface area contributed by atoms with Crippen molar-refractivity contribution in [3.63, 3.8) is 0 Å². The van der Waals surface area contributed by atoms with E-state index in [4.69, 9.17) is 11.6 Å². The van der Waals surface area contributed by atoms with E-state index in [2.05, 4.69) is 33.9 Å². The molecule has 2 N–H and O–H groups in total. The van der Waals surface area contributed by atoms with E-state index in [1.165, 1.54) is 12.3 Å². The molecule has 0 bridgehead atoms. The summed E-state index contributed by atoms with van der Waals surface area (Å²) in [5.41, 5.74) is 0.542. The van der Waals surface area contributed by atoms with Gasteiger partial charge in [0.05, 0.1) is 11.1 Å². The molecule has 0 atom stereocenters. The number of hydrogen-bond donors (Lipinski definition) is 2. The number of benzene rings is 2. The second-order valence-corrected chi connectivity index (χ2v) is 8.65. The van der Waals surface area contributed by atoms with Crippen molar-refractivity contribution < 1.29 is 9.31 Å². The molecule has 3 aromatic rings. The Kier molecular flexibility index (Phi) is 6.02. The Bertz CT molecular complexity index is 1030. The van der Waals surface area contributed by atoms with E-state index in [9.17, 15) is 14.5 Å². The van der Waals surface area contributed by atoms with Gasteiger partial charge in [-0.15, -0.1) is 0 Å². The second-order valence-electron chi connectivity index (χ2n) is 5.98. The van der Waals surface area contributed by atoms with Crippen LogP contribution in [-0.2, 0) is 0 Å². The lowest BCUT2D eigenvalue weighted by atomic mass is 10.2. The van der Waals surface area contributed by atoms with Crippen molar-refractivity contribution in [3.05, 3.63) is 69.6 Å². The summed E-state index contributed by atoms with van der Waals surface area (Å²) in [6.07, 6.45) is 1.42. The monoisotopic (exact) mass is 419 g/mol. The van der Waals surface area contributed by atoms with Crippen LogP contribution in [0.3, 0.4) is 0 Å². The number of nitrogens with one attached hydrogen (secondary N) is 2. The Balaban J connectivity index is 1.89. The highest BCUT2D eigenvalue weighted by Crippen LogP contribution is 2.31. The van der Waals surface area contributed by atoms with Crippen LogP contribution in [0.15, 0.2) is 48.7 Å². The van der Waals surface area contributed by atoms with E-state index in [0.29, 0.717) is 10.8 Å². The Morgan fingerprint density at radius 1 is 1.18 bits per heavy atom. The fourth-order valence-electron chi connectivity index (χ4n) is 2.47. The zero-order valence-corrected chi connectivity index (χ0v) is 16.6. The van der Waals surface area contributed by atoms with Gasteiger partial charge in [-0.3, -0.25) is 10.1 Å². The molecule has 1 heterocycles. The third-order valence-electron chi connectivity index (χ3n) is 3.78. The van der Waals surface area contributed by atoms with E-state index >= 15 is 0 Å². The van der Waals surface area contributed by atoms with Gasteiger partial charge in [-0.2, -0.15) is 9.37 Å². The molecule has 2 aromatic carbocycles. The highest BCUT2D eigenvalue weighted by atomic mass is 35.5. The summed E-state index contributed by atoms with van der Waals surface area (Å²) in [4.78, 5) is 18.5. The zero-order valence-electron chi connectivity index (χ0n) is 15.0. The number of para-hydroxylation sites is 1. The smallest absolute Gasteiger partial charge is 0.306 e. The number of hydrogen-bond acceptors (Lipinski definition) is 6. The standard InChI is InChI=1S/C18H16ClFN5O2P/c1-28(2)16-6-4-3-5-14(16)23-17-12(19)10-21-18(24-17)22-11-7-8-13(20)15(9-11)25(26)27/h3-10H,1-2H3,(H2,21,22,23,24). The number of halogens is 2. The third-order valence-corrected chi connectivity index (χ3v) is 5.41. The third kappa shape index (κ3) is 4.52. The average molecular weight is 420 g/mol. The minimum absolute atomic E-state index is 0.167. The van der Waals surface area contributed by atoms with Crippen LogP contribution in [0, 0.1) is 15.9 Å². The molecule has 144 valence electrons.